The fourth-order valence-corrected chi connectivity index (χ4v) is 6.30. The van der Waals surface area contributed by atoms with E-state index in [1.54, 1.807) is 12.1 Å². The average Bonchev–Trinajstić information content (AvgIpc) is 3.35. The van der Waals surface area contributed by atoms with E-state index in [4.69, 9.17) is 5.41 Å². The number of amides is 1. The molecule has 0 spiro atoms. The summed E-state index contributed by atoms with van der Waals surface area (Å²) < 4.78 is 13.9. The number of rotatable bonds is 6. The second-order valence-corrected chi connectivity index (χ2v) is 11.2. The van der Waals surface area contributed by atoms with Gasteiger partial charge in [0.2, 0.25) is 0 Å². The van der Waals surface area contributed by atoms with Crippen molar-refractivity contribution in [2.45, 2.75) is 39.4 Å². The van der Waals surface area contributed by atoms with Gasteiger partial charge < -0.3 is 15.1 Å². The Kier molecular flexibility index (Phi) is 7.31. The van der Waals surface area contributed by atoms with Crippen LogP contribution in [0.5, 0.6) is 0 Å². The van der Waals surface area contributed by atoms with E-state index < -0.39 is 0 Å². The maximum Gasteiger partial charge on any atom is 0.253 e. The van der Waals surface area contributed by atoms with Crippen LogP contribution in [-0.2, 0) is 6.54 Å². The van der Waals surface area contributed by atoms with Crippen LogP contribution in [0.3, 0.4) is 0 Å². The third-order valence-corrected chi connectivity index (χ3v) is 8.53. The second kappa shape index (κ2) is 11.2. The molecule has 0 aliphatic carbocycles. The lowest BCUT2D eigenvalue weighted by molar-refractivity contribution is 0.0681. The highest BCUT2D eigenvalue weighted by Crippen LogP contribution is 2.40. The van der Waals surface area contributed by atoms with E-state index in [1.165, 1.54) is 6.07 Å². The Labute approximate surface area is 241 Å². The normalized spacial score (nSPS) is 16.8. The Morgan fingerprint density at radius 1 is 0.878 bits per heavy atom. The molecule has 4 aromatic rings. The van der Waals surface area contributed by atoms with Crippen molar-refractivity contribution >= 4 is 23.0 Å². The Morgan fingerprint density at radius 2 is 1.61 bits per heavy atom. The molecule has 5 nitrogen and oxygen atoms in total. The molecule has 41 heavy (non-hydrogen) atoms. The van der Waals surface area contributed by atoms with Gasteiger partial charge in [-0.2, -0.15) is 0 Å². The summed E-state index contributed by atoms with van der Waals surface area (Å²) in [6.07, 6.45) is 1.85. The van der Waals surface area contributed by atoms with E-state index in [9.17, 15) is 9.18 Å². The van der Waals surface area contributed by atoms with E-state index in [-0.39, 0.29) is 17.9 Å². The number of nitrogens with zero attached hydrogens (tertiary/aromatic N) is 2. The quantitative estimate of drug-likeness (QED) is 0.252. The van der Waals surface area contributed by atoms with Crippen molar-refractivity contribution in [1.29, 1.82) is 5.41 Å². The molecule has 6 rings (SSSR count). The highest BCUT2D eigenvalue weighted by molar-refractivity contribution is 6.13. The van der Waals surface area contributed by atoms with Gasteiger partial charge in [-0.15, -0.1) is 0 Å². The molecule has 2 heterocycles. The molecule has 208 valence electrons. The first-order chi connectivity index (χ1) is 19.9. The van der Waals surface area contributed by atoms with Crippen molar-refractivity contribution in [3.8, 4) is 0 Å². The van der Waals surface area contributed by atoms with E-state index in [1.807, 2.05) is 79.4 Å². The molecule has 2 N–H and O–H groups in total. The van der Waals surface area contributed by atoms with Crippen LogP contribution in [0.25, 0.3) is 0 Å². The van der Waals surface area contributed by atoms with Crippen molar-refractivity contribution < 1.29 is 9.18 Å². The summed E-state index contributed by atoms with van der Waals surface area (Å²) in [5.74, 6) is 0.167. The van der Waals surface area contributed by atoms with E-state index in [2.05, 4.69) is 22.3 Å². The molecular formula is C35H35FN4O. The summed E-state index contributed by atoms with van der Waals surface area (Å²) in [6.45, 7) is 5.98. The third kappa shape index (κ3) is 5.34. The van der Waals surface area contributed by atoms with Crippen molar-refractivity contribution in [2.24, 2.45) is 5.92 Å². The van der Waals surface area contributed by atoms with Crippen molar-refractivity contribution in [3.63, 3.8) is 0 Å². The number of fused-ring (bicyclic) bond motifs is 1. The number of hydrogen-bond acceptors (Lipinski definition) is 4. The molecule has 2 aliphatic heterocycles. The van der Waals surface area contributed by atoms with Gasteiger partial charge in [-0.1, -0.05) is 54.6 Å². The van der Waals surface area contributed by atoms with Gasteiger partial charge >= 0.3 is 0 Å². The summed E-state index contributed by atoms with van der Waals surface area (Å²) in [5, 5.41) is 12.5. The number of para-hydroxylation sites is 2. The molecule has 0 saturated carbocycles. The zero-order chi connectivity index (χ0) is 28.5. The Bertz CT molecular complexity index is 1610. The Morgan fingerprint density at radius 3 is 2.37 bits per heavy atom. The molecule has 1 amide bonds. The monoisotopic (exact) mass is 546 g/mol. The minimum atomic E-state index is -0.221. The van der Waals surface area contributed by atoms with Gasteiger partial charge in [0.05, 0.1) is 17.1 Å². The molecule has 2 aliphatic rings. The number of carbonyl (C=O) groups excluding carboxylic acids is 1. The van der Waals surface area contributed by atoms with Gasteiger partial charge in [0.1, 0.15) is 12.0 Å². The highest BCUT2D eigenvalue weighted by atomic mass is 19.1. The number of hydrogen-bond donors (Lipinski definition) is 2. The average molecular weight is 547 g/mol. The van der Waals surface area contributed by atoms with Crippen molar-refractivity contribution in [1.82, 2.24) is 4.90 Å². The summed E-state index contributed by atoms with van der Waals surface area (Å²) in [5.41, 5.74) is 8.07. The topological polar surface area (TPSA) is 59.4 Å². The fraction of sp³-hybridized carbons (Fsp3) is 0.257. The summed E-state index contributed by atoms with van der Waals surface area (Å²) in [6, 6.07) is 28.7. The highest BCUT2D eigenvalue weighted by Gasteiger charge is 2.37. The minimum Gasteiger partial charge on any atom is -0.363 e. The fourth-order valence-electron chi connectivity index (χ4n) is 6.30. The standard InChI is InChI=1S/C35H35FN4O/c1-23-8-3-4-11-29(23)33(37)30-15-14-27(20-24(30)2)35(41)39-18-16-26(17-19-39)34-38-31-12-5-6-13-32(31)40(34)22-25-9-7-10-28(36)21-25/h3-15,20-21,26,34,37-38H,16-19,22H2,1-2H3. The summed E-state index contributed by atoms with van der Waals surface area (Å²) in [4.78, 5) is 17.8. The number of benzene rings is 4. The van der Waals surface area contributed by atoms with E-state index in [0.717, 1.165) is 52.0 Å². The first-order valence-electron chi connectivity index (χ1n) is 14.3. The first kappa shape index (κ1) is 26.8. The number of aryl methyl sites for hydroxylation is 2. The smallest absolute Gasteiger partial charge is 0.253 e. The molecular weight excluding hydrogens is 511 g/mol. The number of likely N-dealkylation sites (tertiary alicyclic amines) is 1. The maximum absolute atomic E-state index is 13.9. The van der Waals surface area contributed by atoms with E-state index >= 15 is 0 Å². The van der Waals surface area contributed by atoms with Gasteiger partial charge in [0.25, 0.3) is 5.91 Å². The molecule has 6 heteroatoms. The SMILES string of the molecule is Cc1ccccc1C(=N)c1ccc(C(=O)N2CCC(C3Nc4ccccc4N3Cc3cccc(F)c3)CC2)cc1C. The Balaban J connectivity index is 1.14. The zero-order valence-electron chi connectivity index (χ0n) is 23.5. The Hall–Kier alpha value is -4.45. The van der Waals surface area contributed by atoms with Gasteiger partial charge in [0.15, 0.2) is 0 Å². The van der Waals surface area contributed by atoms with Crippen LogP contribution in [0.1, 0.15) is 51.0 Å². The molecule has 1 saturated heterocycles. The molecule has 1 atom stereocenters. The van der Waals surface area contributed by atoms with Crippen LogP contribution in [0.4, 0.5) is 15.8 Å². The molecule has 0 aromatic heterocycles. The lowest BCUT2D eigenvalue weighted by Crippen LogP contribution is -2.47. The first-order valence-corrected chi connectivity index (χ1v) is 14.3. The van der Waals surface area contributed by atoms with Crippen LogP contribution in [0.15, 0.2) is 91.0 Å². The number of piperidine rings is 1. The van der Waals surface area contributed by atoms with Crippen LogP contribution in [0.2, 0.25) is 0 Å². The van der Waals surface area contributed by atoms with Crippen molar-refractivity contribution in [2.75, 3.05) is 23.3 Å². The molecule has 0 radical (unpaired) electrons. The van der Waals surface area contributed by atoms with Gasteiger partial charge in [-0.3, -0.25) is 10.2 Å². The summed E-state index contributed by atoms with van der Waals surface area (Å²) >= 11 is 0. The van der Waals surface area contributed by atoms with Crippen LogP contribution >= 0.6 is 0 Å². The largest absolute Gasteiger partial charge is 0.363 e. The minimum absolute atomic E-state index is 0.0415. The molecule has 4 aromatic carbocycles. The van der Waals surface area contributed by atoms with Crippen molar-refractivity contribution in [3.05, 3.63) is 130 Å². The molecule has 1 fully saturated rings. The number of anilines is 2. The lowest BCUT2D eigenvalue weighted by atomic mass is 9.91. The predicted octanol–water partition coefficient (Wildman–Crippen LogP) is 7.17. The lowest BCUT2D eigenvalue weighted by Gasteiger charge is -2.39. The van der Waals surface area contributed by atoms with Crippen LogP contribution in [0, 0.1) is 31.0 Å². The van der Waals surface area contributed by atoms with Crippen LogP contribution in [-0.4, -0.2) is 35.8 Å². The number of halogens is 1. The van der Waals surface area contributed by atoms with Gasteiger partial charge in [-0.05, 0) is 79.8 Å². The van der Waals surface area contributed by atoms with Gasteiger partial charge in [-0.25, -0.2) is 4.39 Å². The number of nitrogens with one attached hydrogen (secondary N) is 2. The third-order valence-electron chi connectivity index (χ3n) is 8.53. The molecule has 1 unspecified atom stereocenters. The predicted molar refractivity (Wildman–Crippen MR) is 163 cm³/mol. The zero-order valence-corrected chi connectivity index (χ0v) is 23.5. The van der Waals surface area contributed by atoms with E-state index in [0.29, 0.717) is 36.8 Å². The molecule has 0 bridgehead atoms. The second-order valence-electron chi connectivity index (χ2n) is 11.2. The van der Waals surface area contributed by atoms with Crippen LogP contribution < -0.4 is 10.2 Å². The maximum atomic E-state index is 13.9. The summed E-state index contributed by atoms with van der Waals surface area (Å²) in [7, 11) is 0. The number of carbonyl (C=O) groups is 1. The van der Waals surface area contributed by atoms with Gasteiger partial charge in [0, 0.05) is 42.2 Å².